The summed E-state index contributed by atoms with van der Waals surface area (Å²) in [6, 6.07) is 23.3. The maximum absolute atomic E-state index is 14.0. The van der Waals surface area contributed by atoms with Gasteiger partial charge in [0.1, 0.15) is 0 Å². The maximum Gasteiger partial charge on any atom is 0.399 e. The fourth-order valence-electron chi connectivity index (χ4n) is 3.01. The first-order valence-corrected chi connectivity index (χ1v) is 11.5. The summed E-state index contributed by atoms with van der Waals surface area (Å²) in [6.45, 7) is 0.146. The summed E-state index contributed by atoms with van der Waals surface area (Å²) in [6.07, 6.45) is 0.393. The maximum atomic E-state index is 14.0. The van der Waals surface area contributed by atoms with E-state index < -0.39 is 18.8 Å². The molecule has 0 radical (unpaired) electrons. The number of ether oxygens (including phenoxy) is 1. The van der Waals surface area contributed by atoms with Crippen LogP contribution >= 0.6 is 23.5 Å². The predicted octanol–water partition coefficient (Wildman–Crippen LogP) is 6.18. The molecule has 1 unspecified atom stereocenters. The molecule has 158 valence electrons. The van der Waals surface area contributed by atoms with Crippen LogP contribution in [0.5, 0.6) is 0 Å². The van der Waals surface area contributed by atoms with Crippen LogP contribution in [0.15, 0.2) is 83.3 Å². The van der Waals surface area contributed by atoms with Gasteiger partial charge >= 0.3 is 13.3 Å². The second-order valence-corrected chi connectivity index (χ2v) is 9.30. The Hall–Kier alpha value is -1.89. The van der Waals surface area contributed by atoms with Gasteiger partial charge in [-0.2, -0.15) is 8.78 Å². The highest BCUT2D eigenvalue weighted by molar-refractivity contribution is 9.10. The van der Waals surface area contributed by atoms with Crippen LogP contribution in [0.1, 0.15) is 28.4 Å². The van der Waals surface area contributed by atoms with E-state index in [1.165, 1.54) is 12.1 Å². The Morgan fingerprint density at radius 3 is 2.10 bits per heavy atom. The van der Waals surface area contributed by atoms with Gasteiger partial charge in [0.25, 0.3) is 0 Å². The fraction of sp³-hybridized carbons (Fsp3) is 0.182. The molecule has 0 heterocycles. The van der Waals surface area contributed by atoms with Crippen LogP contribution in [-0.4, -0.2) is 9.79 Å². The van der Waals surface area contributed by atoms with Crippen molar-refractivity contribution in [3.63, 3.8) is 0 Å². The van der Waals surface area contributed by atoms with Gasteiger partial charge in [0.05, 0.1) is 12.7 Å². The van der Waals surface area contributed by atoms with E-state index in [1.807, 2.05) is 60.7 Å². The van der Waals surface area contributed by atoms with Crippen molar-refractivity contribution in [2.24, 2.45) is 0 Å². The summed E-state index contributed by atoms with van der Waals surface area (Å²) in [7, 11) is -5.64. The summed E-state index contributed by atoms with van der Waals surface area (Å²) >= 11 is 3.00. The molecule has 8 heteroatoms. The van der Waals surface area contributed by atoms with Gasteiger partial charge < -0.3 is 14.5 Å². The highest BCUT2D eigenvalue weighted by atomic mass is 79.9. The van der Waals surface area contributed by atoms with Crippen LogP contribution in [-0.2, 0) is 28.0 Å². The molecule has 1 atom stereocenters. The van der Waals surface area contributed by atoms with Gasteiger partial charge in [-0.3, -0.25) is 4.57 Å². The molecule has 0 saturated heterocycles. The molecule has 0 aliphatic rings. The molecule has 0 aliphatic carbocycles. The third-order valence-electron chi connectivity index (χ3n) is 4.61. The fourth-order valence-corrected chi connectivity index (χ4v) is 4.35. The van der Waals surface area contributed by atoms with E-state index in [4.69, 9.17) is 14.5 Å². The quantitative estimate of drug-likeness (QED) is 0.365. The minimum Gasteiger partial charge on any atom is -0.369 e. The van der Waals surface area contributed by atoms with E-state index in [1.54, 1.807) is 0 Å². The summed E-state index contributed by atoms with van der Waals surface area (Å²) in [5.74, 6) is 0. The molecule has 3 aromatic rings. The predicted molar refractivity (Wildman–Crippen MR) is 114 cm³/mol. The second-order valence-electron chi connectivity index (χ2n) is 6.80. The third-order valence-corrected chi connectivity index (χ3v) is 6.24. The van der Waals surface area contributed by atoms with Gasteiger partial charge in [0.15, 0.2) is 0 Å². The van der Waals surface area contributed by atoms with Crippen molar-refractivity contribution < 1.29 is 27.9 Å². The number of benzene rings is 3. The summed E-state index contributed by atoms with van der Waals surface area (Å²) in [4.78, 5) is 17.9. The number of alkyl halides is 2. The first-order valence-electron chi connectivity index (χ1n) is 9.11. The molecule has 0 aliphatic heterocycles. The smallest absolute Gasteiger partial charge is 0.369 e. The summed E-state index contributed by atoms with van der Waals surface area (Å²) in [5, 5.41) is 0. The highest BCUT2D eigenvalue weighted by Crippen LogP contribution is 2.60. The monoisotopic (exact) mass is 496 g/mol. The second kappa shape index (κ2) is 9.50. The molecule has 0 fully saturated rings. The Morgan fingerprint density at radius 2 is 1.53 bits per heavy atom. The van der Waals surface area contributed by atoms with Crippen LogP contribution in [0.2, 0.25) is 0 Å². The largest absolute Gasteiger partial charge is 0.399 e. The number of hydrogen-bond acceptors (Lipinski definition) is 2. The lowest BCUT2D eigenvalue weighted by molar-refractivity contribution is 0.0395. The number of hydrogen-bond donors (Lipinski definition) is 2. The molecule has 0 spiro atoms. The van der Waals surface area contributed by atoms with Gasteiger partial charge in [-0.25, -0.2) is 0 Å². The van der Waals surface area contributed by atoms with Gasteiger partial charge in [-0.15, -0.1) is 0 Å². The van der Waals surface area contributed by atoms with Crippen molar-refractivity contribution in [3.8, 4) is 0 Å². The van der Waals surface area contributed by atoms with Gasteiger partial charge in [0, 0.05) is 16.5 Å². The molecule has 3 aromatic carbocycles. The van der Waals surface area contributed by atoms with Gasteiger partial charge in [0.2, 0.25) is 0 Å². The average Bonchev–Trinajstić information content (AvgIpc) is 2.71. The third kappa shape index (κ3) is 5.42. The van der Waals surface area contributed by atoms with E-state index in [2.05, 4.69) is 15.9 Å². The molecule has 30 heavy (non-hydrogen) atoms. The summed E-state index contributed by atoms with van der Waals surface area (Å²) in [5.41, 5.74) is -2.34. The van der Waals surface area contributed by atoms with E-state index in [-0.39, 0.29) is 17.2 Å². The number of halogens is 3. The van der Waals surface area contributed by atoms with Crippen molar-refractivity contribution in [3.05, 3.63) is 106 Å². The Bertz CT molecular complexity index is 1030. The van der Waals surface area contributed by atoms with E-state index in [0.29, 0.717) is 12.0 Å². The Labute approximate surface area is 181 Å². The van der Waals surface area contributed by atoms with Crippen molar-refractivity contribution in [1.29, 1.82) is 0 Å². The minimum absolute atomic E-state index is 0.0868. The van der Waals surface area contributed by atoms with Crippen LogP contribution < -0.4 is 0 Å². The molecule has 3 rings (SSSR count). The van der Waals surface area contributed by atoms with Crippen molar-refractivity contribution >= 4 is 23.5 Å². The lowest BCUT2D eigenvalue weighted by atomic mass is 10.0. The normalized spacial score (nSPS) is 13.2. The van der Waals surface area contributed by atoms with Crippen LogP contribution in [0.25, 0.3) is 0 Å². The molecule has 0 aromatic heterocycles. The topological polar surface area (TPSA) is 66.8 Å². The first kappa shape index (κ1) is 22.8. The zero-order chi connectivity index (χ0) is 21.8. The molecular weight excluding hydrogens is 477 g/mol. The van der Waals surface area contributed by atoms with E-state index >= 15 is 0 Å². The standard InChI is InChI=1S/C22H20BrF2O4P/c23-20-13-17(11-12-19(20)22(24,25)30(26,27)28)15-29-21(18-9-5-2-6-10-18)14-16-7-3-1-4-8-16/h1-13,21H,14-15H2,(H2,26,27,28). The lowest BCUT2D eigenvalue weighted by Crippen LogP contribution is -2.15. The molecule has 4 nitrogen and oxygen atoms in total. The molecule has 0 bridgehead atoms. The average molecular weight is 497 g/mol. The van der Waals surface area contributed by atoms with Crippen LogP contribution in [0, 0.1) is 0 Å². The first-order chi connectivity index (χ1) is 14.2. The Balaban J connectivity index is 1.79. The highest BCUT2D eigenvalue weighted by Gasteiger charge is 2.51. The van der Waals surface area contributed by atoms with E-state index in [9.17, 15) is 13.3 Å². The SMILES string of the molecule is O=P(O)(O)C(F)(F)c1ccc(COC(Cc2ccccc2)c2ccccc2)cc1Br. The molecule has 2 N–H and O–H groups in total. The Kier molecular flexibility index (Phi) is 7.22. The van der Waals surface area contributed by atoms with Crippen molar-refractivity contribution in [1.82, 2.24) is 0 Å². The minimum atomic E-state index is -5.64. The molecule has 0 amide bonds. The van der Waals surface area contributed by atoms with Crippen LogP contribution in [0.3, 0.4) is 0 Å². The zero-order valence-corrected chi connectivity index (χ0v) is 18.3. The van der Waals surface area contributed by atoms with Crippen LogP contribution in [0.4, 0.5) is 8.78 Å². The molecular formula is C22H20BrF2O4P. The summed E-state index contributed by atoms with van der Waals surface area (Å²) < 4.78 is 45.2. The van der Waals surface area contributed by atoms with Gasteiger partial charge in [-0.1, -0.05) is 88.7 Å². The van der Waals surface area contributed by atoms with Gasteiger partial charge in [-0.05, 0) is 22.8 Å². The van der Waals surface area contributed by atoms with E-state index in [0.717, 1.165) is 17.2 Å². The molecule has 0 saturated carbocycles. The number of rotatable bonds is 8. The van der Waals surface area contributed by atoms with Crippen molar-refractivity contribution in [2.45, 2.75) is 24.8 Å². The Morgan fingerprint density at radius 1 is 0.933 bits per heavy atom. The zero-order valence-electron chi connectivity index (χ0n) is 15.8. The lowest BCUT2D eigenvalue weighted by Gasteiger charge is -2.21. The van der Waals surface area contributed by atoms with Crippen molar-refractivity contribution in [2.75, 3.05) is 0 Å².